The maximum Gasteiger partial charge on any atom is 0.466 e. The van der Waals surface area contributed by atoms with Crippen LogP contribution in [0.2, 0.25) is 0 Å². The standard InChI is InChI=1S/C14H21.Na.H3O4P/c1-5-6-7-12-8-10-13(11-9-12)14(2,3)4;;1-5(2,3)4/h8-10H,5-7H2,1-4H3;;(H3,1,2,3,4). The van der Waals surface area contributed by atoms with Crippen molar-refractivity contribution >= 4 is 38.6 Å². The third-order valence-electron chi connectivity index (χ3n) is 2.92. The van der Waals surface area contributed by atoms with Gasteiger partial charge in [-0.25, -0.2) is 4.57 Å². The van der Waals surface area contributed by atoms with Gasteiger partial charge >= 0.3 is 120 Å². The fourth-order valence-electron chi connectivity index (χ4n) is 2.10. The number of hydrogen-bond donors (Lipinski definition) is 3. The Bertz CT molecular complexity index is 454. The van der Waals surface area contributed by atoms with E-state index in [-0.39, 0.29) is 0 Å². The molecule has 0 saturated heterocycles. The third kappa shape index (κ3) is 10.1. The molecule has 110 valence electrons. The normalized spacial score (nSPS) is 11.8. The molecule has 4 nitrogen and oxygen atoms in total. The van der Waals surface area contributed by atoms with Crippen molar-refractivity contribution < 1.29 is 19.2 Å². The van der Waals surface area contributed by atoms with Crippen LogP contribution in [0.15, 0.2) is 18.2 Å². The Balaban J connectivity index is 0.000000621. The first kappa shape index (κ1) is 20.3. The zero-order valence-corrected chi connectivity index (χ0v) is 15.9. The van der Waals surface area contributed by atoms with Gasteiger partial charge in [-0.3, -0.25) is 0 Å². The van der Waals surface area contributed by atoms with Gasteiger partial charge in [-0.05, 0) is 0 Å². The number of hydrogen-bond acceptors (Lipinski definition) is 1. The van der Waals surface area contributed by atoms with Crippen molar-refractivity contribution in [3.05, 3.63) is 29.3 Å². The van der Waals surface area contributed by atoms with Crippen molar-refractivity contribution in [1.29, 1.82) is 0 Å². The summed E-state index contributed by atoms with van der Waals surface area (Å²) in [6, 6.07) is 7.08. The van der Waals surface area contributed by atoms with Gasteiger partial charge in [-0.15, -0.1) is 0 Å². The molecule has 3 N–H and O–H groups in total. The first-order valence-corrected chi connectivity index (χ1v) is 9.40. The molecule has 0 unspecified atom stereocenters. The third-order valence-corrected chi connectivity index (χ3v) is 3.75. The number of aryl methyl sites for hydroxylation is 1. The van der Waals surface area contributed by atoms with Crippen LogP contribution in [0.3, 0.4) is 0 Å². The van der Waals surface area contributed by atoms with E-state index >= 15 is 0 Å². The summed E-state index contributed by atoms with van der Waals surface area (Å²) in [6.07, 6.45) is 3.85. The summed E-state index contributed by atoms with van der Waals surface area (Å²) in [5.41, 5.74) is 3.37. The SMILES string of the molecule is CCCCc1ccc(C(C)(C)C)[c]([Na])c1.O=P(O)(O)O. The zero-order chi connectivity index (χ0) is 16.0. The van der Waals surface area contributed by atoms with E-state index in [1.807, 2.05) is 0 Å². The van der Waals surface area contributed by atoms with Crippen LogP contribution in [0, 0.1) is 0 Å². The smallest absolute Gasteiger partial charge is 0.303 e. The molecule has 0 spiro atoms. The molecular weight excluding hydrogens is 286 g/mol. The van der Waals surface area contributed by atoms with Crippen molar-refractivity contribution in [2.45, 2.75) is 52.4 Å². The summed E-state index contributed by atoms with van der Waals surface area (Å²) in [5, 5.41) is 0. The molecular formula is C14H24NaO4P. The maximum absolute atomic E-state index is 8.88. The minimum atomic E-state index is -4.64. The van der Waals surface area contributed by atoms with Crippen LogP contribution in [-0.2, 0) is 16.4 Å². The summed E-state index contributed by atoms with van der Waals surface area (Å²) in [7, 11) is -4.64. The van der Waals surface area contributed by atoms with Crippen LogP contribution in [0.1, 0.15) is 51.7 Å². The number of benzene rings is 1. The maximum atomic E-state index is 8.88. The van der Waals surface area contributed by atoms with E-state index in [1.165, 1.54) is 30.4 Å². The topological polar surface area (TPSA) is 77.8 Å². The van der Waals surface area contributed by atoms with Crippen LogP contribution >= 0.6 is 7.82 Å². The van der Waals surface area contributed by atoms with Gasteiger partial charge in [0.1, 0.15) is 0 Å². The van der Waals surface area contributed by atoms with Crippen molar-refractivity contribution in [2.24, 2.45) is 0 Å². The van der Waals surface area contributed by atoms with E-state index in [1.54, 1.807) is 2.81 Å². The summed E-state index contributed by atoms with van der Waals surface area (Å²) < 4.78 is 10.5. The Kier molecular flexibility index (Phi) is 8.84. The summed E-state index contributed by atoms with van der Waals surface area (Å²) >= 11 is 1.16. The predicted octanol–water partition coefficient (Wildman–Crippen LogP) is 2.19. The Morgan fingerprint density at radius 3 is 2.05 bits per heavy atom. The summed E-state index contributed by atoms with van der Waals surface area (Å²) in [6.45, 7) is 9.16. The quantitative estimate of drug-likeness (QED) is 0.591. The summed E-state index contributed by atoms with van der Waals surface area (Å²) in [5.74, 6) is 0. The second-order valence-electron chi connectivity index (χ2n) is 6.02. The molecule has 0 aliphatic carbocycles. The molecule has 0 fully saturated rings. The minimum Gasteiger partial charge on any atom is -0.303 e. The van der Waals surface area contributed by atoms with Gasteiger partial charge in [0, 0.05) is 0 Å². The molecule has 1 rings (SSSR count). The van der Waals surface area contributed by atoms with Gasteiger partial charge in [0.25, 0.3) is 0 Å². The van der Waals surface area contributed by atoms with Crippen LogP contribution in [0.4, 0.5) is 0 Å². The second-order valence-corrected chi connectivity index (χ2v) is 8.12. The van der Waals surface area contributed by atoms with Crippen molar-refractivity contribution in [2.75, 3.05) is 0 Å². The van der Waals surface area contributed by atoms with Gasteiger partial charge in [-0.1, -0.05) is 0 Å². The molecule has 0 amide bonds. The van der Waals surface area contributed by atoms with E-state index in [4.69, 9.17) is 19.2 Å². The van der Waals surface area contributed by atoms with E-state index in [9.17, 15) is 0 Å². The van der Waals surface area contributed by atoms with E-state index in [0.717, 1.165) is 27.9 Å². The first-order valence-electron chi connectivity index (χ1n) is 6.83. The largest absolute Gasteiger partial charge is 0.466 e. The molecule has 0 radical (unpaired) electrons. The van der Waals surface area contributed by atoms with Gasteiger partial charge in [-0.2, -0.15) is 0 Å². The molecule has 0 aromatic heterocycles. The molecule has 6 heteroatoms. The average molecular weight is 310 g/mol. The van der Waals surface area contributed by atoms with Gasteiger partial charge in [0.05, 0.1) is 0 Å². The number of phosphoric acid groups is 1. The number of unbranched alkanes of at least 4 members (excludes halogenated alkanes) is 1. The Hall–Kier alpha value is 0.330. The molecule has 1 aromatic carbocycles. The van der Waals surface area contributed by atoms with Crippen molar-refractivity contribution in [1.82, 2.24) is 0 Å². The van der Waals surface area contributed by atoms with Crippen LogP contribution < -0.4 is 2.81 Å². The van der Waals surface area contributed by atoms with E-state index in [0.29, 0.717) is 5.41 Å². The summed E-state index contributed by atoms with van der Waals surface area (Å²) in [4.78, 5) is 21.6. The zero-order valence-electron chi connectivity index (χ0n) is 13.1. The molecule has 0 atom stereocenters. The first-order chi connectivity index (χ1) is 8.95. The molecule has 0 aliphatic rings. The van der Waals surface area contributed by atoms with Crippen molar-refractivity contribution in [3.8, 4) is 0 Å². The molecule has 0 heterocycles. The molecule has 0 saturated carbocycles. The van der Waals surface area contributed by atoms with E-state index in [2.05, 4.69) is 45.9 Å². The number of rotatable bonds is 3. The molecule has 0 bridgehead atoms. The average Bonchev–Trinajstić information content (AvgIpc) is 2.22. The molecule has 0 aliphatic heterocycles. The fraction of sp³-hybridized carbons (Fsp3) is 0.571. The van der Waals surface area contributed by atoms with Crippen LogP contribution in [0.5, 0.6) is 0 Å². The molecule has 1 aromatic rings. The minimum absolute atomic E-state index is 0.306. The Labute approximate surface area is 139 Å². The van der Waals surface area contributed by atoms with Crippen LogP contribution in [0.25, 0.3) is 0 Å². The van der Waals surface area contributed by atoms with Gasteiger partial charge in [0.2, 0.25) is 0 Å². The molecule has 20 heavy (non-hydrogen) atoms. The van der Waals surface area contributed by atoms with Crippen molar-refractivity contribution in [3.63, 3.8) is 0 Å². The predicted molar refractivity (Wildman–Crippen MR) is 83.4 cm³/mol. The Morgan fingerprint density at radius 1 is 1.20 bits per heavy atom. The second kappa shape index (κ2) is 8.70. The monoisotopic (exact) mass is 310 g/mol. The fourth-order valence-corrected chi connectivity index (χ4v) is 3.39. The van der Waals surface area contributed by atoms with Gasteiger partial charge in [0.15, 0.2) is 0 Å². The van der Waals surface area contributed by atoms with Gasteiger partial charge < -0.3 is 14.7 Å². The van der Waals surface area contributed by atoms with E-state index < -0.39 is 7.82 Å². The Morgan fingerprint density at radius 2 is 1.70 bits per heavy atom. The van der Waals surface area contributed by atoms with Crippen LogP contribution in [-0.4, -0.2) is 42.6 Å².